The molecule has 0 aromatic heterocycles. The molecule has 0 aromatic carbocycles. The molecule has 0 aliphatic carbocycles. The minimum Gasteiger partial charge on any atom is -0.377 e. The summed E-state index contributed by atoms with van der Waals surface area (Å²) in [6.45, 7) is 10.6. The normalized spacial score (nSPS) is 13.4. The molecule has 0 aromatic rings. The lowest BCUT2D eigenvalue weighted by Crippen LogP contribution is -2.27. The van der Waals surface area contributed by atoms with Gasteiger partial charge in [0.15, 0.2) is 0 Å². The highest BCUT2D eigenvalue weighted by atomic mass is 16.5. The van der Waals surface area contributed by atoms with Crippen LogP contribution < -0.4 is 5.32 Å². The lowest BCUT2D eigenvalue weighted by molar-refractivity contribution is 0.0596. The van der Waals surface area contributed by atoms with Crippen molar-refractivity contribution >= 4 is 0 Å². The number of hydrogen-bond acceptors (Lipinski definition) is 2. The lowest BCUT2D eigenvalue weighted by atomic mass is 10.1. The summed E-state index contributed by atoms with van der Waals surface area (Å²) < 4.78 is 5.71. The summed E-state index contributed by atoms with van der Waals surface area (Å²) in [5.74, 6) is 0. The third-order valence-electron chi connectivity index (χ3n) is 2.52. The molecule has 2 heteroatoms. The molecule has 1 N–H and O–H groups in total. The monoisotopic (exact) mass is 215 g/mol. The fourth-order valence-electron chi connectivity index (χ4n) is 1.55. The maximum atomic E-state index is 5.71. The van der Waals surface area contributed by atoms with Gasteiger partial charge in [-0.3, -0.25) is 0 Å². The predicted octanol–water partition coefficient (Wildman–Crippen LogP) is 3.36. The summed E-state index contributed by atoms with van der Waals surface area (Å²) in [7, 11) is 0. The van der Waals surface area contributed by atoms with E-state index in [2.05, 4.69) is 33.0 Å². The van der Waals surface area contributed by atoms with Crippen molar-refractivity contribution < 1.29 is 4.74 Å². The van der Waals surface area contributed by atoms with Crippen LogP contribution in [0.5, 0.6) is 0 Å². The SMILES string of the molecule is CCCCCCC(C)OCCNC(C)C. The molecule has 0 bridgehead atoms. The van der Waals surface area contributed by atoms with Crippen LogP contribution in [0.25, 0.3) is 0 Å². The van der Waals surface area contributed by atoms with Gasteiger partial charge in [-0.2, -0.15) is 0 Å². The average molecular weight is 215 g/mol. The average Bonchev–Trinajstić information content (AvgIpc) is 2.19. The van der Waals surface area contributed by atoms with Gasteiger partial charge >= 0.3 is 0 Å². The molecule has 0 saturated carbocycles. The molecule has 0 amide bonds. The minimum absolute atomic E-state index is 0.427. The van der Waals surface area contributed by atoms with Crippen molar-refractivity contribution in [2.75, 3.05) is 13.2 Å². The zero-order chi connectivity index (χ0) is 11.5. The maximum absolute atomic E-state index is 5.71. The van der Waals surface area contributed by atoms with Crippen LogP contribution in [0.3, 0.4) is 0 Å². The van der Waals surface area contributed by atoms with Crippen LogP contribution in [-0.2, 0) is 4.74 Å². The highest BCUT2D eigenvalue weighted by Crippen LogP contribution is 2.07. The Morgan fingerprint density at radius 2 is 1.80 bits per heavy atom. The van der Waals surface area contributed by atoms with Gasteiger partial charge in [-0.15, -0.1) is 0 Å². The van der Waals surface area contributed by atoms with Crippen LogP contribution in [0.1, 0.15) is 59.8 Å². The summed E-state index contributed by atoms with van der Waals surface area (Å²) in [6.07, 6.45) is 6.98. The first-order valence-corrected chi connectivity index (χ1v) is 6.51. The molecule has 1 unspecified atom stereocenters. The molecule has 0 spiro atoms. The van der Waals surface area contributed by atoms with Crippen molar-refractivity contribution in [2.24, 2.45) is 0 Å². The van der Waals surface area contributed by atoms with Gasteiger partial charge in [-0.1, -0.05) is 46.5 Å². The van der Waals surface area contributed by atoms with Gasteiger partial charge in [-0.25, -0.2) is 0 Å². The number of ether oxygens (including phenoxy) is 1. The Balaban J connectivity index is 3.15. The van der Waals surface area contributed by atoms with Crippen molar-refractivity contribution in [3.8, 4) is 0 Å². The van der Waals surface area contributed by atoms with Crippen LogP contribution in [-0.4, -0.2) is 25.3 Å². The fourth-order valence-corrected chi connectivity index (χ4v) is 1.55. The maximum Gasteiger partial charge on any atom is 0.0594 e. The summed E-state index contributed by atoms with van der Waals surface area (Å²) >= 11 is 0. The van der Waals surface area contributed by atoms with E-state index in [0.717, 1.165) is 13.2 Å². The Labute approximate surface area is 95.8 Å². The highest BCUT2D eigenvalue weighted by Gasteiger charge is 2.01. The molecule has 0 fully saturated rings. The largest absolute Gasteiger partial charge is 0.377 e. The van der Waals surface area contributed by atoms with E-state index < -0.39 is 0 Å². The molecular formula is C13H29NO. The Morgan fingerprint density at radius 1 is 1.07 bits per heavy atom. The third kappa shape index (κ3) is 11.8. The summed E-state index contributed by atoms with van der Waals surface area (Å²) in [6, 6.07) is 0.563. The van der Waals surface area contributed by atoms with Gasteiger partial charge in [0.1, 0.15) is 0 Å². The first-order valence-electron chi connectivity index (χ1n) is 6.51. The van der Waals surface area contributed by atoms with Gasteiger partial charge < -0.3 is 10.1 Å². The van der Waals surface area contributed by atoms with E-state index in [-0.39, 0.29) is 0 Å². The van der Waals surface area contributed by atoms with E-state index in [1.165, 1.54) is 32.1 Å². The molecule has 0 aliphatic heterocycles. The van der Waals surface area contributed by atoms with E-state index in [1.807, 2.05) is 0 Å². The Kier molecular flexibility index (Phi) is 10.4. The number of nitrogens with one attached hydrogen (secondary N) is 1. The fraction of sp³-hybridized carbons (Fsp3) is 1.00. The van der Waals surface area contributed by atoms with Gasteiger partial charge in [0, 0.05) is 12.6 Å². The Hall–Kier alpha value is -0.0800. The predicted molar refractivity (Wildman–Crippen MR) is 67.3 cm³/mol. The first-order chi connectivity index (χ1) is 7.16. The van der Waals surface area contributed by atoms with E-state index >= 15 is 0 Å². The lowest BCUT2D eigenvalue weighted by Gasteiger charge is -2.14. The van der Waals surface area contributed by atoms with Crippen LogP contribution in [0, 0.1) is 0 Å². The molecule has 15 heavy (non-hydrogen) atoms. The summed E-state index contributed by atoms with van der Waals surface area (Å²) in [5, 5.41) is 3.35. The molecule has 0 radical (unpaired) electrons. The summed E-state index contributed by atoms with van der Waals surface area (Å²) in [4.78, 5) is 0. The van der Waals surface area contributed by atoms with E-state index in [0.29, 0.717) is 12.1 Å². The van der Waals surface area contributed by atoms with Crippen LogP contribution in [0.4, 0.5) is 0 Å². The van der Waals surface area contributed by atoms with E-state index in [1.54, 1.807) is 0 Å². The zero-order valence-electron chi connectivity index (χ0n) is 11.0. The molecular weight excluding hydrogens is 186 g/mol. The first kappa shape index (κ1) is 14.9. The molecule has 2 nitrogen and oxygen atoms in total. The standard InChI is InChI=1S/C13H29NO/c1-5-6-7-8-9-13(4)15-11-10-14-12(2)3/h12-14H,5-11H2,1-4H3. The molecule has 0 aliphatic rings. The van der Waals surface area contributed by atoms with Crippen LogP contribution in [0.15, 0.2) is 0 Å². The molecule has 1 atom stereocenters. The second kappa shape index (κ2) is 10.4. The van der Waals surface area contributed by atoms with Crippen molar-refractivity contribution in [1.29, 1.82) is 0 Å². The number of hydrogen-bond donors (Lipinski definition) is 1. The zero-order valence-corrected chi connectivity index (χ0v) is 11.0. The number of unbranched alkanes of at least 4 members (excludes halogenated alkanes) is 3. The summed E-state index contributed by atoms with van der Waals surface area (Å²) in [5.41, 5.74) is 0. The Bertz CT molecular complexity index is 126. The smallest absolute Gasteiger partial charge is 0.0594 e. The Morgan fingerprint density at radius 3 is 2.40 bits per heavy atom. The van der Waals surface area contributed by atoms with Crippen molar-refractivity contribution in [3.05, 3.63) is 0 Å². The van der Waals surface area contributed by atoms with Gasteiger partial charge in [0.2, 0.25) is 0 Å². The number of rotatable bonds is 10. The van der Waals surface area contributed by atoms with Gasteiger partial charge in [0.05, 0.1) is 12.7 Å². The van der Waals surface area contributed by atoms with E-state index in [9.17, 15) is 0 Å². The molecule has 92 valence electrons. The van der Waals surface area contributed by atoms with Crippen LogP contribution in [0.2, 0.25) is 0 Å². The second-order valence-electron chi connectivity index (χ2n) is 4.64. The van der Waals surface area contributed by atoms with Crippen molar-refractivity contribution in [2.45, 2.75) is 71.9 Å². The third-order valence-corrected chi connectivity index (χ3v) is 2.52. The quantitative estimate of drug-likeness (QED) is 0.564. The van der Waals surface area contributed by atoms with Crippen molar-refractivity contribution in [3.63, 3.8) is 0 Å². The van der Waals surface area contributed by atoms with Crippen LogP contribution >= 0.6 is 0 Å². The molecule has 0 rings (SSSR count). The van der Waals surface area contributed by atoms with Gasteiger partial charge in [-0.05, 0) is 13.3 Å². The van der Waals surface area contributed by atoms with Gasteiger partial charge in [0.25, 0.3) is 0 Å². The topological polar surface area (TPSA) is 21.3 Å². The van der Waals surface area contributed by atoms with E-state index in [4.69, 9.17) is 4.74 Å². The molecule has 0 saturated heterocycles. The second-order valence-corrected chi connectivity index (χ2v) is 4.64. The van der Waals surface area contributed by atoms with Crippen molar-refractivity contribution in [1.82, 2.24) is 5.32 Å². The highest BCUT2D eigenvalue weighted by molar-refractivity contribution is 4.54. The minimum atomic E-state index is 0.427. The molecule has 0 heterocycles.